The summed E-state index contributed by atoms with van der Waals surface area (Å²) in [6, 6.07) is 8.43. The number of hydrogen-bond acceptors (Lipinski definition) is 4. The number of β-amino-alcohol motifs (C(OH)–C–C–N with tert-alkyl or cyclic N) is 1. The van der Waals surface area contributed by atoms with Crippen molar-refractivity contribution in [3.05, 3.63) is 29.8 Å². The van der Waals surface area contributed by atoms with E-state index in [0.717, 1.165) is 19.5 Å². The maximum atomic E-state index is 12.5. The van der Waals surface area contributed by atoms with Crippen molar-refractivity contribution in [2.75, 3.05) is 51.7 Å². The van der Waals surface area contributed by atoms with Crippen molar-refractivity contribution < 1.29 is 9.90 Å². The molecule has 5 nitrogen and oxygen atoms in total. The molecule has 1 N–H and O–H groups in total. The van der Waals surface area contributed by atoms with E-state index in [1.807, 2.05) is 23.9 Å². The van der Waals surface area contributed by atoms with Gasteiger partial charge in [0.25, 0.3) is 0 Å². The summed E-state index contributed by atoms with van der Waals surface area (Å²) >= 11 is 0. The lowest BCUT2D eigenvalue weighted by molar-refractivity contribution is -0.131. The van der Waals surface area contributed by atoms with Crippen molar-refractivity contribution in [1.29, 1.82) is 0 Å². The van der Waals surface area contributed by atoms with Gasteiger partial charge in [-0.05, 0) is 38.6 Å². The molecule has 0 unspecified atom stereocenters. The summed E-state index contributed by atoms with van der Waals surface area (Å²) in [5, 5.41) is 10.5. The highest BCUT2D eigenvalue weighted by atomic mass is 16.3. The van der Waals surface area contributed by atoms with Gasteiger partial charge in [-0.25, -0.2) is 0 Å². The van der Waals surface area contributed by atoms with Crippen LogP contribution < -0.4 is 4.90 Å². The lowest BCUT2D eigenvalue weighted by atomic mass is 10.0. The minimum absolute atomic E-state index is 0.157. The van der Waals surface area contributed by atoms with Crippen molar-refractivity contribution in [2.45, 2.75) is 24.9 Å². The lowest BCUT2D eigenvalue weighted by Gasteiger charge is -2.27. The summed E-state index contributed by atoms with van der Waals surface area (Å²) in [6.07, 6.45) is 2.26. The van der Waals surface area contributed by atoms with Crippen molar-refractivity contribution in [2.24, 2.45) is 0 Å². The molecule has 23 heavy (non-hydrogen) atoms. The van der Waals surface area contributed by atoms with Crippen LogP contribution in [0.1, 0.15) is 18.4 Å². The highest BCUT2D eigenvalue weighted by Gasteiger charge is 2.38. The van der Waals surface area contributed by atoms with Gasteiger partial charge >= 0.3 is 0 Å². The van der Waals surface area contributed by atoms with Gasteiger partial charge < -0.3 is 19.8 Å². The Bertz CT molecular complexity index is 575. The molecule has 2 aliphatic heterocycles. The van der Waals surface area contributed by atoms with Gasteiger partial charge in [-0.3, -0.25) is 4.79 Å². The van der Waals surface area contributed by atoms with Crippen LogP contribution in [0.3, 0.4) is 0 Å². The Labute approximate surface area is 138 Å². The van der Waals surface area contributed by atoms with Crippen LogP contribution in [-0.2, 0) is 11.2 Å². The number of likely N-dealkylation sites (N-methyl/N-ethyl adjacent to an activating group) is 1. The number of rotatable bonds is 5. The van der Waals surface area contributed by atoms with Crippen LogP contribution in [0, 0.1) is 0 Å². The first kappa shape index (κ1) is 16.3. The zero-order valence-electron chi connectivity index (χ0n) is 14.2. The molecule has 5 heteroatoms. The molecule has 0 spiro atoms. The first-order valence-corrected chi connectivity index (χ1v) is 8.45. The zero-order valence-corrected chi connectivity index (χ0v) is 14.2. The van der Waals surface area contributed by atoms with E-state index in [0.29, 0.717) is 32.5 Å². The van der Waals surface area contributed by atoms with Gasteiger partial charge in [0.05, 0.1) is 12.1 Å². The summed E-state index contributed by atoms with van der Waals surface area (Å²) in [4.78, 5) is 18.6. The second kappa shape index (κ2) is 6.49. The molecule has 2 aliphatic rings. The van der Waals surface area contributed by atoms with Crippen LogP contribution in [0.15, 0.2) is 24.3 Å². The fraction of sp³-hybridized carbons (Fsp3) is 0.611. The highest BCUT2D eigenvalue weighted by Crippen LogP contribution is 2.28. The topological polar surface area (TPSA) is 47.0 Å². The second-order valence-electron chi connectivity index (χ2n) is 7.14. The molecule has 0 radical (unpaired) electrons. The van der Waals surface area contributed by atoms with Gasteiger partial charge in [0.15, 0.2) is 0 Å². The molecular formula is C18H27N3O2. The molecule has 126 valence electrons. The van der Waals surface area contributed by atoms with E-state index in [2.05, 4.69) is 29.2 Å². The third kappa shape index (κ3) is 3.67. The van der Waals surface area contributed by atoms with E-state index in [4.69, 9.17) is 0 Å². The van der Waals surface area contributed by atoms with Gasteiger partial charge in [-0.15, -0.1) is 0 Å². The molecule has 1 atom stereocenters. The summed E-state index contributed by atoms with van der Waals surface area (Å²) in [6.45, 7) is 3.49. The third-order valence-corrected chi connectivity index (χ3v) is 4.87. The van der Waals surface area contributed by atoms with Crippen molar-refractivity contribution in [3.8, 4) is 0 Å². The van der Waals surface area contributed by atoms with E-state index in [9.17, 15) is 9.90 Å². The van der Waals surface area contributed by atoms with Crippen molar-refractivity contribution in [3.63, 3.8) is 0 Å². The largest absolute Gasteiger partial charge is 0.387 e. The number of amides is 1. The Morgan fingerprint density at radius 2 is 2.09 bits per heavy atom. The van der Waals surface area contributed by atoms with Gasteiger partial charge in [-0.2, -0.15) is 0 Å². The molecule has 1 aromatic carbocycles. The molecule has 0 bridgehead atoms. The van der Waals surface area contributed by atoms with Gasteiger partial charge in [-0.1, -0.05) is 18.2 Å². The van der Waals surface area contributed by atoms with Crippen LogP contribution in [0.4, 0.5) is 5.69 Å². The van der Waals surface area contributed by atoms with Crippen molar-refractivity contribution in [1.82, 2.24) is 9.80 Å². The van der Waals surface area contributed by atoms with Crippen LogP contribution >= 0.6 is 0 Å². The maximum Gasteiger partial charge on any atom is 0.224 e. The van der Waals surface area contributed by atoms with E-state index < -0.39 is 5.60 Å². The molecule has 1 saturated heterocycles. The number of benzene rings is 1. The molecule has 1 aromatic rings. The molecule has 1 amide bonds. The minimum Gasteiger partial charge on any atom is -0.387 e. The standard InChI is InChI=1S/C18H27N3O2/c1-19(2)13-18(23)9-12-21(14-18)17(22)8-11-20-10-7-15-5-3-4-6-16(15)20/h3-6,23H,7-14H2,1-2H3/t18-/m0/s1. The summed E-state index contributed by atoms with van der Waals surface area (Å²) in [5.74, 6) is 0.157. The Morgan fingerprint density at radius 1 is 1.30 bits per heavy atom. The molecular weight excluding hydrogens is 290 g/mol. The molecule has 0 aromatic heterocycles. The Kier molecular flexibility index (Phi) is 4.60. The molecule has 0 aliphatic carbocycles. The fourth-order valence-corrected chi connectivity index (χ4v) is 3.81. The fourth-order valence-electron chi connectivity index (χ4n) is 3.81. The number of hydrogen-bond donors (Lipinski definition) is 1. The predicted octanol–water partition coefficient (Wildman–Crippen LogP) is 0.964. The third-order valence-electron chi connectivity index (χ3n) is 4.87. The van der Waals surface area contributed by atoms with E-state index in [-0.39, 0.29) is 5.91 Å². The number of aliphatic hydroxyl groups is 1. The number of para-hydroxylation sites is 1. The van der Waals surface area contributed by atoms with Gasteiger partial charge in [0, 0.05) is 38.3 Å². The molecule has 1 fully saturated rings. The lowest BCUT2D eigenvalue weighted by Crippen LogP contribution is -2.43. The van der Waals surface area contributed by atoms with Crippen LogP contribution in [0.5, 0.6) is 0 Å². The van der Waals surface area contributed by atoms with Gasteiger partial charge in [0.1, 0.15) is 0 Å². The molecule has 0 saturated carbocycles. The average Bonchev–Trinajstić information content (AvgIpc) is 3.08. The number of fused-ring (bicyclic) bond motifs is 1. The average molecular weight is 317 g/mol. The first-order valence-electron chi connectivity index (χ1n) is 8.45. The maximum absolute atomic E-state index is 12.5. The summed E-state index contributed by atoms with van der Waals surface area (Å²) in [5.41, 5.74) is 1.90. The van der Waals surface area contributed by atoms with Crippen molar-refractivity contribution >= 4 is 11.6 Å². The second-order valence-corrected chi connectivity index (χ2v) is 7.14. The Morgan fingerprint density at radius 3 is 2.87 bits per heavy atom. The number of carbonyl (C=O) groups excluding carboxylic acids is 1. The summed E-state index contributed by atoms with van der Waals surface area (Å²) < 4.78 is 0. The smallest absolute Gasteiger partial charge is 0.224 e. The Balaban J connectivity index is 1.51. The summed E-state index contributed by atoms with van der Waals surface area (Å²) in [7, 11) is 3.90. The van der Waals surface area contributed by atoms with E-state index >= 15 is 0 Å². The van der Waals surface area contributed by atoms with Crippen LogP contribution in [0.2, 0.25) is 0 Å². The molecule has 2 heterocycles. The monoisotopic (exact) mass is 317 g/mol. The van der Waals surface area contributed by atoms with Crippen LogP contribution in [-0.4, -0.2) is 73.2 Å². The number of anilines is 1. The zero-order chi connectivity index (χ0) is 16.4. The number of likely N-dealkylation sites (tertiary alicyclic amines) is 1. The predicted molar refractivity (Wildman–Crippen MR) is 91.7 cm³/mol. The van der Waals surface area contributed by atoms with E-state index in [1.54, 1.807) is 0 Å². The number of carbonyl (C=O) groups is 1. The van der Waals surface area contributed by atoms with Gasteiger partial charge in [0.2, 0.25) is 5.91 Å². The number of nitrogens with zero attached hydrogens (tertiary/aromatic N) is 3. The normalized spacial score (nSPS) is 23.7. The first-order chi connectivity index (χ1) is 11.0. The van der Waals surface area contributed by atoms with Crippen LogP contribution in [0.25, 0.3) is 0 Å². The molecule has 3 rings (SSSR count). The Hall–Kier alpha value is -1.59. The minimum atomic E-state index is -0.751. The quantitative estimate of drug-likeness (QED) is 0.879. The van der Waals surface area contributed by atoms with E-state index in [1.165, 1.54) is 11.3 Å². The highest BCUT2D eigenvalue weighted by molar-refractivity contribution is 5.77. The SMILES string of the molecule is CN(C)C[C@@]1(O)CCN(C(=O)CCN2CCc3ccccc32)C1.